The minimum Gasteiger partial charge on any atom is -0.491 e. The summed E-state index contributed by atoms with van der Waals surface area (Å²) in [6, 6.07) is 4.20. The maximum absolute atomic E-state index is 14.8. The summed E-state index contributed by atoms with van der Waals surface area (Å²) in [7, 11) is -3.95. The molecule has 0 aliphatic carbocycles. The number of amides is 1. The van der Waals surface area contributed by atoms with Gasteiger partial charge in [0.25, 0.3) is 5.91 Å². The molecule has 54 heavy (non-hydrogen) atoms. The van der Waals surface area contributed by atoms with Crippen molar-refractivity contribution in [3.63, 3.8) is 0 Å². The van der Waals surface area contributed by atoms with Crippen molar-refractivity contribution < 1.29 is 98.9 Å². The molecule has 1 aromatic rings. The van der Waals surface area contributed by atoms with Crippen LogP contribution in [0, 0.1) is 0 Å². The molecule has 0 saturated carbocycles. The van der Waals surface area contributed by atoms with E-state index in [-0.39, 0.29) is 17.7 Å². The fourth-order valence-corrected chi connectivity index (χ4v) is 9.61. The number of ether oxygens (including phenoxy) is 1. The predicted octanol–water partition coefficient (Wildman–Crippen LogP) is 10.1. The number of benzene rings is 1. The molecule has 0 saturated heterocycles. The summed E-state index contributed by atoms with van der Waals surface area (Å²) < 4.78 is 245. The van der Waals surface area contributed by atoms with E-state index in [9.17, 15) is 84.5 Å². The molecule has 1 rings (SSSR count). The number of carbonyl (C=O) groups is 1. The summed E-state index contributed by atoms with van der Waals surface area (Å²) >= 11 is 0. The summed E-state index contributed by atoms with van der Waals surface area (Å²) in [5.74, 6) is -57.4. The van der Waals surface area contributed by atoms with Gasteiger partial charge in [0.05, 0.1) is 12.7 Å². The van der Waals surface area contributed by atoms with Crippen LogP contribution in [0.2, 0.25) is 17.1 Å². The Morgan fingerprint density at radius 2 is 1.15 bits per heavy atom. The molecule has 0 aliphatic rings. The third-order valence-corrected chi connectivity index (χ3v) is 14.3. The van der Waals surface area contributed by atoms with Gasteiger partial charge in [0, 0.05) is 12.0 Å². The molecule has 1 amide bonds. The Hall–Kier alpha value is -2.86. The van der Waals surface area contributed by atoms with Crippen molar-refractivity contribution in [2.45, 2.75) is 118 Å². The first kappa shape index (κ1) is 49.2. The third kappa shape index (κ3) is 9.05. The van der Waals surface area contributed by atoms with Gasteiger partial charge in [-0.15, -0.1) is 0 Å². The van der Waals surface area contributed by atoms with Crippen LogP contribution in [0.5, 0.6) is 5.75 Å². The monoisotopic (exact) mass is 841 g/mol. The predicted molar refractivity (Wildman–Crippen MR) is 157 cm³/mol. The van der Waals surface area contributed by atoms with E-state index in [2.05, 4.69) is 0 Å². The zero-order chi connectivity index (χ0) is 42.7. The second-order valence-corrected chi connectivity index (χ2v) is 17.8. The van der Waals surface area contributed by atoms with Gasteiger partial charge < -0.3 is 14.3 Å². The number of rotatable bonds is 20. The Kier molecular flexibility index (Phi) is 15.2. The molecule has 0 spiro atoms. The Bertz CT molecular complexity index is 1430. The molecule has 1 atom stereocenters. The zero-order valence-electron chi connectivity index (χ0n) is 28.7. The molecule has 0 bridgehead atoms. The lowest BCUT2D eigenvalue weighted by atomic mass is 9.88. The van der Waals surface area contributed by atoms with Crippen molar-refractivity contribution in [3.8, 4) is 5.75 Å². The van der Waals surface area contributed by atoms with E-state index in [4.69, 9.17) is 14.4 Å². The molecule has 314 valence electrons. The summed E-state index contributed by atoms with van der Waals surface area (Å²) in [4.78, 5) is 11.3. The van der Waals surface area contributed by atoms with Crippen LogP contribution in [0.15, 0.2) is 35.9 Å². The Morgan fingerprint density at radius 3 is 1.56 bits per heavy atom. The van der Waals surface area contributed by atoms with Crippen LogP contribution in [0.1, 0.15) is 59.1 Å². The van der Waals surface area contributed by atoms with Crippen LogP contribution in [-0.2, 0) is 9.22 Å². The highest BCUT2D eigenvalue weighted by Gasteiger charge is 2.95. The standard InChI is InChI=1S/C30H36F17NO5Si/c1-16(2)54(17(3)4,53-14-13-52-20-9-7-19(8-10-20)21(49)11-6-18(5)22(50)48-51)15-12-23(31,32)24(33,34)25(35,36)26(37,38)27(39,40)28(41,42)29(43,44)30(45,46)47/h6-10,16-17,21,49,51H,11-15H2,1-5H3,(H,48,50)/b18-6+/t21-/m1/s1. The average molecular weight is 842 g/mol. The molecule has 6 nitrogen and oxygen atoms in total. The SMILES string of the molecule is C/C(=C\C[C@@H](O)c1ccc(OCCO[Si](CCC(F)(F)C(F)(F)C(F)(F)C(F)(F)C(F)(F)C(F)(F)C(F)(F)C(F)(F)F)(C(C)C)C(C)C)cc1)C(=O)NO. The van der Waals surface area contributed by atoms with Crippen molar-refractivity contribution in [2.24, 2.45) is 0 Å². The Balaban J connectivity index is 3.22. The Labute approximate surface area is 297 Å². The van der Waals surface area contributed by atoms with Gasteiger partial charge in [-0.1, -0.05) is 45.9 Å². The highest BCUT2D eigenvalue weighted by atomic mass is 28.4. The number of alkyl halides is 17. The number of hydrogen-bond acceptors (Lipinski definition) is 5. The van der Waals surface area contributed by atoms with E-state index >= 15 is 0 Å². The largest absolute Gasteiger partial charge is 0.491 e. The fraction of sp³-hybridized carbons (Fsp3) is 0.700. The number of carbonyl (C=O) groups excluding carboxylic acids is 1. The smallest absolute Gasteiger partial charge is 0.460 e. The van der Waals surface area contributed by atoms with E-state index in [1.165, 1.54) is 70.4 Å². The summed E-state index contributed by atoms with van der Waals surface area (Å²) in [6.45, 7) is 5.72. The molecule has 0 heterocycles. The lowest BCUT2D eigenvalue weighted by molar-refractivity contribution is -0.461. The molecule has 0 fully saturated rings. The van der Waals surface area contributed by atoms with E-state index in [0.717, 1.165) is 0 Å². The topological polar surface area (TPSA) is 88.0 Å². The van der Waals surface area contributed by atoms with Crippen molar-refractivity contribution in [3.05, 3.63) is 41.5 Å². The molecular formula is C30H36F17NO5Si. The van der Waals surface area contributed by atoms with Gasteiger partial charge in [-0.3, -0.25) is 10.0 Å². The average Bonchev–Trinajstić information content (AvgIpc) is 3.05. The Morgan fingerprint density at radius 1 is 0.722 bits per heavy atom. The third-order valence-electron chi connectivity index (χ3n) is 8.67. The maximum Gasteiger partial charge on any atom is 0.460 e. The number of hydrogen-bond donors (Lipinski definition) is 3. The van der Waals surface area contributed by atoms with Crippen LogP contribution in [-0.4, -0.2) is 85.4 Å². The summed E-state index contributed by atoms with van der Waals surface area (Å²) in [5, 5.41) is 18.9. The van der Waals surface area contributed by atoms with Crippen molar-refractivity contribution in [1.82, 2.24) is 5.48 Å². The first-order chi connectivity index (χ1) is 24.1. The van der Waals surface area contributed by atoms with Crippen LogP contribution in [0.3, 0.4) is 0 Å². The molecule has 0 aromatic heterocycles. The maximum atomic E-state index is 14.8. The first-order valence-electron chi connectivity index (χ1n) is 15.4. The number of nitrogens with one attached hydrogen (secondary N) is 1. The number of aliphatic hydroxyl groups excluding tert-OH is 1. The van der Waals surface area contributed by atoms with Gasteiger partial charge in [0.1, 0.15) is 12.4 Å². The quantitative estimate of drug-likeness (QED) is 0.0304. The van der Waals surface area contributed by atoms with Gasteiger partial charge in [0.15, 0.2) is 8.32 Å². The van der Waals surface area contributed by atoms with Crippen molar-refractivity contribution >= 4 is 14.2 Å². The molecule has 0 radical (unpaired) electrons. The normalized spacial score (nSPS) is 15.6. The summed E-state index contributed by atoms with van der Waals surface area (Å²) in [6.07, 6.45) is -10.2. The lowest BCUT2D eigenvalue weighted by Crippen LogP contribution is -2.74. The number of halogens is 17. The van der Waals surface area contributed by atoms with Crippen molar-refractivity contribution in [2.75, 3.05) is 13.2 Å². The van der Waals surface area contributed by atoms with Crippen LogP contribution in [0.4, 0.5) is 74.6 Å². The van der Waals surface area contributed by atoms with E-state index in [1.54, 1.807) is 0 Å². The van der Waals surface area contributed by atoms with E-state index in [1.807, 2.05) is 0 Å². The minimum atomic E-state index is -8.68. The van der Waals surface area contributed by atoms with E-state index in [0.29, 0.717) is 5.56 Å². The molecule has 24 heteroatoms. The van der Waals surface area contributed by atoms with Gasteiger partial charge in [-0.2, -0.15) is 74.6 Å². The lowest BCUT2D eigenvalue weighted by Gasteiger charge is -2.44. The van der Waals surface area contributed by atoms with E-state index < -0.39 is 105 Å². The molecule has 0 unspecified atom stereocenters. The van der Waals surface area contributed by atoms with Gasteiger partial charge in [0.2, 0.25) is 0 Å². The highest BCUT2D eigenvalue weighted by Crippen LogP contribution is 2.64. The summed E-state index contributed by atoms with van der Waals surface area (Å²) in [5.41, 5.74) is 0.125. The zero-order valence-corrected chi connectivity index (χ0v) is 29.7. The first-order valence-corrected chi connectivity index (χ1v) is 17.7. The molecular weight excluding hydrogens is 805 g/mol. The highest BCUT2D eigenvalue weighted by molar-refractivity contribution is 6.76. The molecule has 3 N–H and O–H groups in total. The van der Waals surface area contributed by atoms with Crippen LogP contribution < -0.4 is 10.2 Å². The minimum absolute atomic E-state index is 0.0429. The fourth-order valence-electron chi connectivity index (χ4n) is 5.14. The number of aliphatic hydroxyl groups is 1. The van der Waals surface area contributed by atoms with Crippen molar-refractivity contribution in [1.29, 1.82) is 0 Å². The number of hydroxylamine groups is 1. The second-order valence-electron chi connectivity index (χ2n) is 12.8. The van der Waals surface area contributed by atoms with Crippen LogP contribution in [0.25, 0.3) is 0 Å². The van der Waals surface area contributed by atoms with Gasteiger partial charge >= 0.3 is 47.6 Å². The van der Waals surface area contributed by atoms with Crippen LogP contribution >= 0.6 is 0 Å². The van der Waals surface area contributed by atoms with Gasteiger partial charge in [-0.05, 0) is 48.2 Å². The van der Waals surface area contributed by atoms with Gasteiger partial charge in [-0.25, -0.2) is 5.48 Å². The molecule has 1 aromatic carbocycles. The molecule has 0 aliphatic heterocycles. The second kappa shape index (κ2) is 16.7.